The van der Waals surface area contributed by atoms with Crippen LogP contribution >= 0.6 is 0 Å². The molecule has 0 unspecified atom stereocenters. The molecule has 4 rings (SSSR count). The Morgan fingerprint density at radius 2 is 1.85 bits per heavy atom. The Hall–Kier alpha value is -2.50. The summed E-state index contributed by atoms with van der Waals surface area (Å²) in [6.45, 7) is 0.522. The summed E-state index contributed by atoms with van der Waals surface area (Å²) in [5.41, 5.74) is 2.32. The van der Waals surface area contributed by atoms with Crippen molar-refractivity contribution in [2.45, 2.75) is 44.2 Å². The zero-order valence-electron chi connectivity index (χ0n) is 15.3. The van der Waals surface area contributed by atoms with Crippen LogP contribution in [0.1, 0.15) is 43.7 Å². The average Bonchev–Trinajstić information content (AvgIpc) is 3.03. The van der Waals surface area contributed by atoms with Crippen molar-refractivity contribution in [3.63, 3.8) is 0 Å². The van der Waals surface area contributed by atoms with E-state index < -0.39 is 6.04 Å². The lowest BCUT2D eigenvalue weighted by molar-refractivity contribution is -0.128. The van der Waals surface area contributed by atoms with Gasteiger partial charge in [-0.1, -0.05) is 37.5 Å². The van der Waals surface area contributed by atoms with Gasteiger partial charge in [-0.2, -0.15) is 0 Å². The van der Waals surface area contributed by atoms with E-state index in [-0.39, 0.29) is 18.0 Å². The van der Waals surface area contributed by atoms with Crippen molar-refractivity contribution >= 4 is 11.9 Å². The minimum atomic E-state index is -0.467. The minimum absolute atomic E-state index is 0.0506. The summed E-state index contributed by atoms with van der Waals surface area (Å²) in [7, 11) is 3.34. The Bertz CT molecular complexity index is 767. The highest BCUT2D eigenvalue weighted by molar-refractivity contribution is 6.01. The molecule has 0 aromatic heterocycles. The summed E-state index contributed by atoms with van der Waals surface area (Å²) in [6, 6.07) is 7.20. The molecule has 1 aliphatic carbocycles. The molecule has 3 aliphatic rings. The van der Waals surface area contributed by atoms with E-state index >= 15 is 0 Å². The number of likely N-dealkylation sites (N-methyl/N-ethyl adjacent to an activating group) is 1. The Kier molecular flexibility index (Phi) is 4.34. The van der Waals surface area contributed by atoms with E-state index in [0.717, 1.165) is 24.1 Å². The predicted octanol–water partition coefficient (Wildman–Crippen LogP) is 2.82. The largest absolute Gasteiger partial charge is 0.496 e. The summed E-state index contributed by atoms with van der Waals surface area (Å²) in [5, 5.41) is 2.98. The van der Waals surface area contributed by atoms with Crippen molar-refractivity contribution in [1.29, 1.82) is 0 Å². The molecular formula is C20H25N3O3. The van der Waals surface area contributed by atoms with Crippen LogP contribution in [0.2, 0.25) is 0 Å². The monoisotopic (exact) mass is 355 g/mol. The van der Waals surface area contributed by atoms with Crippen LogP contribution in [-0.4, -0.2) is 48.5 Å². The number of amides is 3. The van der Waals surface area contributed by atoms with Crippen LogP contribution in [0.25, 0.3) is 0 Å². The van der Waals surface area contributed by atoms with Gasteiger partial charge in [-0.05, 0) is 18.9 Å². The van der Waals surface area contributed by atoms with Crippen LogP contribution in [0.5, 0.6) is 5.75 Å². The van der Waals surface area contributed by atoms with E-state index in [1.165, 1.54) is 19.3 Å². The Morgan fingerprint density at radius 1 is 1.12 bits per heavy atom. The Morgan fingerprint density at radius 3 is 2.58 bits per heavy atom. The van der Waals surface area contributed by atoms with Gasteiger partial charge >= 0.3 is 6.03 Å². The molecule has 26 heavy (non-hydrogen) atoms. The zero-order chi connectivity index (χ0) is 18.3. The number of carbonyl (C=O) groups is 2. The van der Waals surface area contributed by atoms with E-state index in [2.05, 4.69) is 5.32 Å². The van der Waals surface area contributed by atoms with E-state index in [9.17, 15) is 9.59 Å². The van der Waals surface area contributed by atoms with Crippen molar-refractivity contribution in [3.05, 3.63) is 41.1 Å². The Labute approximate surface area is 153 Å². The highest BCUT2D eigenvalue weighted by Crippen LogP contribution is 2.40. The topological polar surface area (TPSA) is 61.9 Å². The van der Waals surface area contributed by atoms with Gasteiger partial charge in [0, 0.05) is 18.7 Å². The van der Waals surface area contributed by atoms with Crippen LogP contribution in [-0.2, 0) is 4.79 Å². The van der Waals surface area contributed by atoms with Crippen LogP contribution < -0.4 is 10.1 Å². The lowest BCUT2D eigenvalue weighted by Gasteiger charge is -2.31. The standard InChI is InChI=1S/C20H25N3O3/c1-22-15-12-23(13-8-4-3-5-9-13)19(24)17(15)18(21-20(22)25)14-10-6-7-11-16(14)26-2/h6-7,10-11,13,18H,3-5,8-9,12H2,1-2H3,(H,21,25)/t18-/m1/s1. The van der Waals surface area contributed by atoms with Gasteiger partial charge in [-0.15, -0.1) is 0 Å². The quantitative estimate of drug-likeness (QED) is 0.907. The molecule has 2 aliphatic heterocycles. The van der Waals surface area contributed by atoms with E-state index in [1.807, 2.05) is 29.2 Å². The van der Waals surface area contributed by atoms with E-state index in [0.29, 0.717) is 17.9 Å². The molecule has 138 valence electrons. The third-order valence-electron chi connectivity index (χ3n) is 5.85. The number of hydrogen-bond acceptors (Lipinski definition) is 3. The van der Waals surface area contributed by atoms with Gasteiger partial charge in [0.15, 0.2) is 0 Å². The molecule has 6 heteroatoms. The first-order chi connectivity index (χ1) is 12.6. The number of hydrogen-bond donors (Lipinski definition) is 1. The second-order valence-corrected chi connectivity index (χ2v) is 7.27. The fourth-order valence-electron chi connectivity index (χ4n) is 4.41. The van der Waals surface area contributed by atoms with Crippen LogP contribution in [0.15, 0.2) is 35.5 Å². The lowest BCUT2D eigenvalue weighted by Crippen LogP contribution is -2.45. The highest BCUT2D eigenvalue weighted by atomic mass is 16.5. The predicted molar refractivity (Wildman–Crippen MR) is 97.6 cm³/mol. The van der Waals surface area contributed by atoms with Crippen LogP contribution in [0, 0.1) is 0 Å². The minimum Gasteiger partial charge on any atom is -0.496 e. The molecule has 1 N–H and O–H groups in total. The van der Waals surface area contributed by atoms with Crippen molar-refractivity contribution in [3.8, 4) is 5.75 Å². The molecular weight excluding hydrogens is 330 g/mol. The van der Waals surface area contributed by atoms with Gasteiger partial charge in [0.25, 0.3) is 5.91 Å². The van der Waals surface area contributed by atoms with Gasteiger partial charge in [-0.25, -0.2) is 4.79 Å². The van der Waals surface area contributed by atoms with Gasteiger partial charge in [0.2, 0.25) is 0 Å². The number of methoxy groups -OCH3 is 1. The maximum atomic E-state index is 13.3. The van der Waals surface area contributed by atoms with Crippen molar-refractivity contribution < 1.29 is 14.3 Å². The molecule has 1 fully saturated rings. The molecule has 1 aromatic rings. The third-order valence-corrected chi connectivity index (χ3v) is 5.85. The second-order valence-electron chi connectivity index (χ2n) is 7.27. The van der Waals surface area contributed by atoms with Gasteiger partial charge in [0.05, 0.1) is 31.0 Å². The number of nitrogens with one attached hydrogen (secondary N) is 1. The highest BCUT2D eigenvalue weighted by Gasteiger charge is 2.45. The van der Waals surface area contributed by atoms with Crippen LogP contribution in [0.4, 0.5) is 4.79 Å². The maximum absolute atomic E-state index is 13.3. The molecule has 3 amide bonds. The zero-order valence-corrected chi connectivity index (χ0v) is 15.3. The molecule has 1 atom stereocenters. The van der Waals surface area contributed by atoms with Crippen LogP contribution in [0.3, 0.4) is 0 Å². The molecule has 1 saturated carbocycles. The van der Waals surface area contributed by atoms with Gasteiger partial charge in [0.1, 0.15) is 5.75 Å². The molecule has 0 bridgehead atoms. The first kappa shape index (κ1) is 16.9. The third kappa shape index (κ3) is 2.64. The first-order valence-electron chi connectivity index (χ1n) is 9.33. The molecule has 2 heterocycles. The maximum Gasteiger partial charge on any atom is 0.322 e. The SMILES string of the molecule is COc1ccccc1[C@H]1NC(=O)N(C)C2=C1C(=O)N(C1CCCCC1)C2. The van der Waals surface area contributed by atoms with Crippen molar-refractivity contribution in [1.82, 2.24) is 15.1 Å². The summed E-state index contributed by atoms with van der Waals surface area (Å²) in [5.74, 6) is 0.729. The number of ether oxygens (including phenoxy) is 1. The Balaban J connectivity index is 1.72. The first-order valence-corrected chi connectivity index (χ1v) is 9.33. The van der Waals surface area contributed by atoms with E-state index in [4.69, 9.17) is 4.74 Å². The summed E-state index contributed by atoms with van der Waals surface area (Å²) in [4.78, 5) is 29.4. The summed E-state index contributed by atoms with van der Waals surface area (Å²) >= 11 is 0. The molecule has 0 radical (unpaired) electrons. The second kappa shape index (κ2) is 6.67. The lowest BCUT2D eigenvalue weighted by atomic mass is 9.93. The fourth-order valence-corrected chi connectivity index (χ4v) is 4.41. The molecule has 0 spiro atoms. The average molecular weight is 355 g/mol. The number of carbonyl (C=O) groups excluding carboxylic acids is 2. The van der Waals surface area contributed by atoms with Crippen molar-refractivity contribution in [2.24, 2.45) is 0 Å². The fraction of sp³-hybridized carbons (Fsp3) is 0.500. The molecule has 0 saturated heterocycles. The molecule has 6 nitrogen and oxygen atoms in total. The number of para-hydroxylation sites is 1. The normalized spacial score (nSPS) is 24.0. The van der Waals surface area contributed by atoms with E-state index in [1.54, 1.807) is 19.1 Å². The van der Waals surface area contributed by atoms with Crippen molar-refractivity contribution in [2.75, 3.05) is 20.7 Å². The van der Waals surface area contributed by atoms with Gasteiger partial charge < -0.3 is 15.0 Å². The summed E-state index contributed by atoms with van der Waals surface area (Å²) < 4.78 is 5.48. The number of rotatable bonds is 3. The summed E-state index contributed by atoms with van der Waals surface area (Å²) in [6.07, 6.45) is 5.69. The van der Waals surface area contributed by atoms with Gasteiger partial charge in [-0.3, -0.25) is 9.69 Å². The number of urea groups is 1. The number of benzene rings is 1. The molecule has 1 aromatic carbocycles. The number of nitrogens with zero attached hydrogens (tertiary/aromatic N) is 2. The smallest absolute Gasteiger partial charge is 0.322 e.